The minimum atomic E-state index is -4.99. The van der Waals surface area contributed by atoms with Gasteiger partial charge in [0, 0.05) is 30.9 Å². The number of ether oxygens (including phenoxy) is 2. The molecule has 2 aromatic carbocycles. The van der Waals surface area contributed by atoms with Crippen LogP contribution >= 0.6 is 22.7 Å². The van der Waals surface area contributed by atoms with Gasteiger partial charge >= 0.3 is 12.7 Å². The molecule has 0 spiro atoms. The van der Waals surface area contributed by atoms with Crippen LogP contribution in [0.2, 0.25) is 0 Å². The van der Waals surface area contributed by atoms with E-state index in [1.807, 2.05) is 12.1 Å². The molecule has 0 saturated heterocycles. The Kier molecular flexibility index (Phi) is 19.3. The van der Waals surface area contributed by atoms with Crippen molar-refractivity contribution in [2.24, 2.45) is 0 Å². The van der Waals surface area contributed by atoms with E-state index in [0.717, 1.165) is 35.5 Å². The monoisotopic (exact) mass is 1180 g/mol. The van der Waals surface area contributed by atoms with E-state index >= 15 is 0 Å². The molecule has 1 saturated carbocycles. The fourth-order valence-electron chi connectivity index (χ4n) is 8.88. The third-order valence-electron chi connectivity index (χ3n) is 12.6. The fourth-order valence-corrected chi connectivity index (χ4v) is 10.5. The highest BCUT2D eigenvalue weighted by Gasteiger charge is 2.42. The fraction of sp³-hybridized carbons (Fsp3) is 0.309. The molecule has 9 rings (SSSR count). The molecule has 0 bridgehead atoms. The number of carbonyl (C=O) groups is 4. The number of anilines is 4. The van der Waals surface area contributed by atoms with Gasteiger partial charge in [0.25, 0.3) is 0 Å². The van der Waals surface area contributed by atoms with Crippen molar-refractivity contribution in [1.82, 2.24) is 50.8 Å². The van der Waals surface area contributed by atoms with Crippen LogP contribution in [0, 0.1) is 0 Å². The number of hydrogen-bond donors (Lipinski definition) is 4. The van der Waals surface area contributed by atoms with E-state index in [1.54, 1.807) is 60.9 Å². The predicted molar refractivity (Wildman–Crippen MR) is 291 cm³/mol. The SMILES string of the molecule is O=C(Cc1cc(OC(F)(F)F)cc(C2C[C@@H]2c2cccnc2CC(=O)Nc2nnc(CCCCc3ccc(NC(=O)Cc4cccc(OC(F)(F)F)c4)nn3)s2)c1)Nc1ccc(CCCCc2nnc(NC(=O)Cc3ccccn3)s2)nn1. The lowest BCUT2D eigenvalue weighted by Gasteiger charge is -2.13. The summed E-state index contributed by atoms with van der Waals surface area (Å²) in [5.74, 6) is -2.64. The number of benzene rings is 2. The minimum absolute atomic E-state index is 0.108. The quantitative estimate of drug-likeness (QED) is 0.0290. The van der Waals surface area contributed by atoms with Gasteiger partial charge in [0.05, 0.1) is 42.8 Å². The molecule has 1 aliphatic carbocycles. The molecule has 430 valence electrons. The van der Waals surface area contributed by atoms with Gasteiger partial charge in [-0.25, -0.2) is 0 Å². The van der Waals surface area contributed by atoms with Crippen LogP contribution in [-0.2, 0) is 70.5 Å². The van der Waals surface area contributed by atoms with Crippen molar-refractivity contribution in [3.8, 4) is 11.5 Å². The van der Waals surface area contributed by atoms with Crippen molar-refractivity contribution < 1.29 is 55.0 Å². The zero-order valence-corrected chi connectivity index (χ0v) is 45.4. The lowest BCUT2D eigenvalue weighted by atomic mass is 9.99. The highest BCUT2D eigenvalue weighted by Crippen LogP contribution is 2.56. The zero-order valence-electron chi connectivity index (χ0n) is 43.7. The number of nitrogens with zero attached hydrogens (tertiary/aromatic N) is 10. The van der Waals surface area contributed by atoms with Crippen LogP contribution in [0.15, 0.2) is 109 Å². The molecular formula is C55H50F6N14O6S2. The van der Waals surface area contributed by atoms with E-state index in [1.165, 1.54) is 46.9 Å². The molecule has 20 nitrogen and oxygen atoms in total. The number of pyridine rings is 2. The Morgan fingerprint density at radius 3 is 1.64 bits per heavy atom. The first-order valence-corrected chi connectivity index (χ1v) is 27.6. The van der Waals surface area contributed by atoms with Crippen molar-refractivity contribution in [2.75, 3.05) is 21.3 Å². The van der Waals surface area contributed by atoms with Gasteiger partial charge in [-0.1, -0.05) is 53.0 Å². The summed E-state index contributed by atoms with van der Waals surface area (Å²) in [7, 11) is 0. The van der Waals surface area contributed by atoms with Gasteiger partial charge < -0.3 is 30.7 Å². The summed E-state index contributed by atoms with van der Waals surface area (Å²) < 4.78 is 86.7. The molecule has 0 aliphatic heterocycles. The van der Waals surface area contributed by atoms with Crippen LogP contribution in [0.25, 0.3) is 0 Å². The Hall–Kier alpha value is -8.92. The average Bonchev–Trinajstić information content (AvgIpc) is 4.05. The molecule has 28 heteroatoms. The molecule has 1 aliphatic rings. The molecule has 83 heavy (non-hydrogen) atoms. The third-order valence-corrected chi connectivity index (χ3v) is 14.4. The maximum atomic E-state index is 13.6. The molecular weight excluding hydrogens is 1130 g/mol. The van der Waals surface area contributed by atoms with Crippen LogP contribution in [0.5, 0.6) is 11.5 Å². The van der Waals surface area contributed by atoms with Crippen LogP contribution < -0.4 is 30.7 Å². The number of aromatic nitrogens is 10. The van der Waals surface area contributed by atoms with Gasteiger partial charge in [0.2, 0.25) is 33.9 Å². The Morgan fingerprint density at radius 1 is 0.482 bits per heavy atom. The van der Waals surface area contributed by atoms with Crippen molar-refractivity contribution in [1.29, 1.82) is 0 Å². The highest BCUT2D eigenvalue weighted by molar-refractivity contribution is 7.15. The van der Waals surface area contributed by atoms with Crippen LogP contribution in [-0.4, -0.2) is 87.1 Å². The first-order chi connectivity index (χ1) is 39.9. The Labute approximate surface area is 477 Å². The molecule has 4 amide bonds. The number of aryl methyl sites for hydroxylation is 4. The molecule has 1 fully saturated rings. The topological polar surface area (TPSA) is 264 Å². The summed E-state index contributed by atoms with van der Waals surface area (Å²) in [6, 6.07) is 24.8. The van der Waals surface area contributed by atoms with Gasteiger partial charge in [0.15, 0.2) is 11.6 Å². The standard InChI is InChI=1S/C55H50F6N14O6S2/c56-54(57,58)80-38-13-7-9-32(24-38)26-46(76)64-44-19-17-35(68-70-44)10-2-4-16-51-73-75-53(83-51)67-49(79)31-43-40(14-8-22-63-43)42-30-41(42)34-23-33(25-39(28-34)81-55(59,60)61)27-47(77)65-45-20-18-36(69-71-45)11-1-3-15-50-72-74-52(82-50)66-48(78)29-37-12-5-6-21-62-37/h5-9,12-14,17-25,28,41-42H,1-4,10-11,15-16,26-27,29-31H2,(H,64,70,76)(H,65,71,77)(H,66,74,78)(H,67,75,79)/t41?,42-/m1/s1. The largest absolute Gasteiger partial charge is 0.573 e. The second kappa shape index (κ2) is 27.2. The van der Waals surface area contributed by atoms with Crippen LogP contribution in [0.4, 0.5) is 48.2 Å². The van der Waals surface area contributed by atoms with Gasteiger partial charge in [-0.15, -0.1) is 56.9 Å². The molecule has 8 aromatic rings. The maximum Gasteiger partial charge on any atom is 0.573 e. The maximum absolute atomic E-state index is 13.6. The number of nitrogens with one attached hydrogen (secondary N) is 4. The van der Waals surface area contributed by atoms with Crippen LogP contribution in [0.3, 0.4) is 0 Å². The van der Waals surface area contributed by atoms with E-state index in [0.29, 0.717) is 94.1 Å². The first kappa shape index (κ1) is 58.7. The third kappa shape index (κ3) is 18.8. The number of hydrogen-bond acceptors (Lipinski definition) is 18. The van der Waals surface area contributed by atoms with Gasteiger partial charge in [-0.3, -0.25) is 29.1 Å². The van der Waals surface area contributed by atoms with E-state index < -0.39 is 36.0 Å². The summed E-state index contributed by atoms with van der Waals surface area (Å²) >= 11 is 2.53. The lowest BCUT2D eigenvalue weighted by Crippen LogP contribution is -2.18. The molecule has 1 unspecified atom stereocenters. The molecule has 0 radical (unpaired) electrons. The van der Waals surface area contributed by atoms with Gasteiger partial charge in [0.1, 0.15) is 21.5 Å². The molecule has 4 N–H and O–H groups in total. The summed E-state index contributed by atoms with van der Waals surface area (Å²) in [5, 5.41) is 46.1. The highest BCUT2D eigenvalue weighted by atomic mass is 32.1. The summed E-state index contributed by atoms with van der Waals surface area (Å²) in [6.07, 6.45) is -1.26. The first-order valence-electron chi connectivity index (χ1n) is 26.0. The molecule has 6 aromatic heterocycles. The van der Waals surface area contributed by atoms with Crippen molar-refractivity contribution >= 4 is 68.2 Å². The van der Waals surface area contributed by atoms with Crippen molar-refractivity contribution in [3.63, 3.8) is 0 Å². The molecule has 6 heterocycles. The lowest BCUT2D eigenvalue weighted by molar-refractivity contribution is -0.275. The minimum Gasteiger partial charge on any atom is -0.406 e. The average molecular weight is 1180 g/mol. The van der Waals surface area contributed by atoms with Gasteiger partial charge in [-0.2, -0.15) is 10.2 Å². The number of unbranched alkanes of at least 4 members (excludes halogenated alkanes) is 2. The van der Waals surface area contributed by atoms with Gasteiger partial charge in [-0.05, 0) is 146 Å². The normalized spacial score (nSPS) is 13.9. The Bertz CT molecular complexity index is 3520. The number of rotatable bonds is 26. The molecule has 2 atom stereocenters. The number of amides is 4. The zero-order chi connectivity index (χ0) is 58.3. The van der Waals surface area contributed by atoms with E-state index in [-0.39, 0.29) is 66.5 Å². The number of carbonyl (C=O) groups excluding carboxylic acids is 4. The second-order valence-corrected chi connectivity index (χ2v) is 21.2. The summed E-state index contributed by atoms with van der Waals surface area (Å²) in [4.78, 5) is 60.1. The summed E-state index contributed by atoms with van der Waals surface area (Å²) in [6.45, 7) is 0. The Balaban J connectivity index is 0.702. The number of halogens is 6. The van der Waals surface area contributed by atoms with Crippen LogP contribution in [0.1, 0.15) is 99.0 Å². The van der Waals surface area contributed by atoms with E-state index in [4.69, 9.17) is 0 Å². The van der Waals surface area contributed by atoms with E-state index in [9.17, 15) is 45.5 Å². The summed E-state index contributed by atoms with van der Waals surface area (Å²) in [5.41, 5.74) is 4.38. The second-order valence-electron chi connectivity index (χ2n) is 19.1. The Morgan fingerprint density at radius 2 is 1.05 bits per heavy atom. The van der Waals surface area contributed by atoms with Crippen molar-refractivity contribution in [2.45, 2.75) is 108 Å². The predicted octanol–water partition coefficient (Wildman–Crippen LogP) is 9.68. The smallest absolute Gasteiger partial charge is 0.406 e. The van der Waals surface area contributed by atoms with Crippen molar-refractivity contribution in [3.05, 3.63) is 165 Å². The number of alkyl halides is 6. The van der Waals surface area contributed by atoms with E-state index in [2.05, 4.69) is 81.5 Å².